The molecule has 1 amide bonds. The molecule has 2 heterocycles. The summed E-state index contributed by atoms with van der Waals surface area (Å²) in [5.74, 6) is 1.47. The summed E-state index contributed by atoms with van der Waals surface area (Å²) < 4.78 is 0. The topological polar surface area (TPSA) is 46.1 Å². The summed E-state index contributed by atoms with van der Waals surface area (Å²) in [6, 6.07) is 0. The van der Waals surface area contributed by atoms with Crippen LogP contribution >= 0.6 is 11.6 Å². The first-order valence-electron chi connectivity index (χ1n) is 4.85. The van der Waals surface area contributed by atoms with Crippen LogP contribution in [0, 0.1) is 12.8 Å². The van der Waals surface area contributed by atoms with Gasteiger partial charge in [0.2, 0.25) is 5.91 Å². The van der Waals surface area contributed by atoms with Crippen molar-refractivity contribution in [1.82, 2.24) is 9.97 Å². The molecule has 0 radical (unpaired) electrons. The Morgan fingerprint density at radius 2 is 2.40 bits per heavy atom. The fourth-order valence-corrected chi connectivity index (χ4v) is 1.89. The Hall–Kier alpha value is -1.16. The number of amides is 1. The maximum Gasteiger partial charge on any atom is 0.228 e. The summed E-state index contributed by atoms with van der Waals surface area (Å²) in [6.07, 6.45) is 3.80. The molecule has 5 heteroatoms. The SMILES string of the molecule is Cc1cncc(N2CC(CCl)CC2=O)n1. The molecule has 1 aliphatic heterocycles. The van der Waals surface area contributed by atoms with Gasteiger partial charge in [-0.2, -0.15) is 0 Å². The second-order valence-corrected chi connectivity index (χ2v) is 4.06. The smallest absolute Gasteiger partial charge is 0.228 e. The van der Waals surface area contributed by atoms with E-state index in [0.717, 1.165) is 5.69 Å². The summed E-state index contributed by atoms with van der Waals surface area (Å²) in [7, 11) is 0. The van der Waals surface area contributed by atoms with Gasteiger partial charge in [0.25, 0.3) is 0 Å². The van der Waals surface area contributed by atoms with E-state index < -0.39 is 0 Å². The number of carbonyl (C=O) groups excluding carboxylic acids is 1. The van der Waals surface area contributed by atoms with E-state index >= 15 is 0 Å². The lowest BCUT2D eigenvalue weighted by Gasteiger charge is -2.14. The summed E-state index contributed by atoms with van der Waals surface area (Å²) in [4.78, 5) is 21.6. The Morgan fingerprint density at radius 3 is 3.00 bits per heavy atom. The van der Waals surface area contributed by atoms with Crippen molar-refractivity contribution < 1.29 is 4.79 Å². The molecule has 1 saturated heterocycles. The number of anilines is 1. The molecule has 0 bridgehead atoms. The van der Waals surface area contributed by atoms with Crippen molar-refractivity contribution in [2.75, 3.05) is 17.3 Å². The number of carbonyl (C=O) groups is 1. The molecule has 1 aliphatic rings. The van der Waals surface area contributed by atoms with Gasteiger partial charge in [-0.05, 0) is 12.8 Å². The first-order valence-corrected chi connectivity index (χ1v) is 5.39. The first kappa shape index (κ1) is 10.4. The van der Waals surface area contributed by atoms with Crippen LogP contribution in [0.5, 0.6) is 0 Å². The fraction of sp³-hybridized carbons (Fsp3) is 0.500. The predicted molar refractivity (Wildman–Crippen MR) is 57.9 cm³/mol. The van der Waals surface area contributed by atoms with Gasteiger partial charge in [-0.25, -0.2) is 4.98 Å². The van der Waals surface area contributed by atoms with Crippen LogP contribution in [0.2, 0.25) is 0 Å². The fourth-order valence-electron chi connectivity index (χ4n) is 1.69. The molecule has 15 heavy (non-hydrogen) atoms. The molecule has 0 spiro atoms. The van der Waals surface area contributed by atoms with Gasteiger partial charge in [0.05, 0.1) is 11.9 Å². The minimum Gasteiger partial charge on any atom is -0.295 e. The standard InChI is InChI=1S/C10H12ClN3O/c1-7-4-12-5-9(13-7)14-6-8(3-11)2-10(14)15/h4-5,8H,2-3,6H2,1H3. The van der Waals surface area contributed by atoms with Gasteiger partial charge in [0.1, 0.15) is 0 Å². The van der Waals surface area contributed by atoms with Crippen LogP contribution in [0.15, 0.2) is 12.4 Å². The molecule has 1 aromatic heterocycles. The third-order valence-corrected chi connectivity index (χ3v) is 2.88. The van der Waals surface area contributed by atoms with Crippen LogP contribution in [0.4, 0.5) is 5.82 Å². The van der Waals surface area contributed by atoms with Gasteiger partial charge >= 0.3 is 0 Å². The average Bonchev–Trinajstić information content (AvgIpc) is 2.60. The molecule has 1 fully saturated rings. The Morgan fingerprint density at radius 1 is 1.60 bits per heavy atom. The molecular weight excluding hydrogens is 214 g/mol. The van der Waals surface area contributed by atoms with Gasteiger partial charge in [0, 0.05) is 25.0 Å². The number of rotatable bonds is 2. The van der Waals surface area contributed by atoms with E-state index in [0.29, 0.717) is 24.7 Å². The van der Waals surface area contributed by atoms with Crippen molar-refractivity contribution >= 4 is 23.3 Å². The zero-order valence-corrected chi connectivity index (χ0v) is 9.24. The number of aryl methyl sites for hydroxylation is 1. The number of hydrogen-bond donors (Lipinski definition) is 0. The molecular formula is C10H12ClN3O. The van der Waals surface area contributed by atoms with E-state index in [4.69, 9.17) is 11.6 Å². The van der Waals surface area contributed by atoms with Crippen molar-refractivity contribution in [1.29, 1.82) is 0 Å². The number of aromatic nitrogens is 2. The molecule has 0 saturated carbocycles. The van der Waals surface area contributed by atoms with E-state index in [-0.39, 0.29) is 11.8 Å². The van der Waals surface area contributed by atoms with Crippen LogP contribution in [0.25, 0.3) is 0 Å². The summed E-state index contributed by atoms with van der Waals surface area (Å²) >= 11 is 5.74. The molecule has 0 N–H and O–H groups in total. The largest absolute Gasteiger partial charge is 0.295 e. The minimum atomic E-state index is 0.0838. The highest BCUT2D eigenvalue weighted by atomic mass is 35.5. The summed E-state index contributed by atoms with van der Waals surface area (Å²) in [5, 5.41) is 0. The second kappa shape index (κ2) is 4.14. The van der Waals surface area contributed by atoms with Gasteiger partial charge in [0.15, 0.2) is 5.82 Å². The second-order valence-electron chi connectivity index (χ2n) is 3.75. The third kappa shape index (κ3) is 2.09. The quantitative estimate of drug-likeness (QED) is 0.715. The normalized spacial score (nSPS) is 21.1. The van der Waals surface area contributed by atoms with Crippen LogP contribution in [0.1, 0.15) is 12.1 Å². The number of alkyl halides is 1. The Balaban J connectivity index is 2.21. The van der Waals surface area contributed by atoms with Gasteiger partial charge in [-0.3, -0.25) is 14.7 Å². The van der Waals surface area contributed by atoms with Crippen molar-refractivity contribution in [3.8, 4) is 0 Å². The predicted octanol–water partition coefficient (Wildman–Crippen LogP) is 1.38. The molecule has 80 valence electrons. The van der Waals surface area contributed by atoms with Gasteiger partial charge < -0.3 is 0 Å². The Labute approximate surface area is 93.3 Å². The molecule has 0 aliphatic carbocycles. The minimum absolute atomic E-state index is 0.0838. The Bertz CT molecular complexity index is 383. The van der Waals surface area contributed by atoms with Crippen molar-refractivity contribution in [2.24, 2.45) is 5.92 Å². The van der Waals surface area contributed by atoms with Gasteiger partial charge in [-0.15, -0.1) is 11.6 Å². The van der Waals surface area contributed by atoms with Crippen LogP contribution < -0.4 is 4.90 Å². The van der Waals surface area contributed by atoms with E-state index in [1.165, 1.54) is 0 Å². The highest BCUT2D eigenvalue weighted by Crippen LogP contribution is 2.23. The average molecular weight is 226 g/mol. The Kier molecular flexibility index (Phi) is 2.86. The third-order valence-electron chi connectivity index (χ3n) is 2.44. The number of halogens is 1. The molecule has 1 atom stereocenters. The van der Waals surface area contributed by atoms with Crippen LogP contribution in [0.3, 0.4) is 0 Å². The summed E-state index contributed by atoms with van der Waals surface area (Å²) in [5.41, 5.74) is 0.814. The summed E-state index contributed by atoms with van der Waals surface area (Å²) in [6.45, 7) is 2.51. The number of nitrogens with zero attached hydrogens (tertiary/aromatic N) is 3. The molecule has 1 unspecified atom stereocenters. The zero-order valence-electron chi connectivity index (χ0n) is 8.48. The zero-order chi connectivity index (χ0) is 10.8. The van der Waals surface area contributed by atoms with Crippen molar-refractivity contribution in [2.45, 2.75) is 13.3 Å². The molecule has 1 aromatic rings. The van der Waals surface area contributed by atoms with E-state index in [1.807, 2.05) is 6.92 Å². The first-order chi connectivity index (χ1) is 7.20. The monoisotopic (exact) mass is 225 g/mol. The number of hydrogen-bond acceptors (Lipinski definition) is 3. The maximum atomic E-state index is 11.7. The highest BCUT2D eigenvalue weighted by Gasteiger charge is 2.30. The lowest BCUT2D eigenvalue weighted by Crippen LogP contribution is -2.26. The maximum absolute atomic E-state index is 11.7. The lowest BCUT2D eigenvalue weighted by molar-refractivity contribution is -0.117. The van der Waals surface area contributed by atoms with Crippen molar-refractivity contribution in [3.05, 3.63) is 18.1 Å². The van der Waals surface area contributed by atoms with Gasteiger partial charge in [-0.1, -0.05) is 0 Å². The highest BCUT2D eigenvalue weighted by molar-refractivity contribution is 6.18. The van der Waals surface area contributed by atoms with E-state index in [2.05, 4.69) is 9.97 Å². The molecule has 0 aromatic carbocycles. The molecule has 4 nitrogen and oxygen atoms in total. The van der Waals surface area contributed by atoms with Crippen molar-refractivity contribution in [3.63, 3.8) is 0 Å². The van der Waals surface area contributed by atoms with E-state index in [9.17, 15) is 4.79 Å². The van der Waals surface area contributed by atoms with E-state index in [1.54, 1.807) is 17.3 Å². The lowest BCUT2D eigenvalue weighted by atomic mass is 10.2. The molecule has 2 rings (SSSR count). The van der Waals surface area contributed by atoms with Crippen LogP contribution in [-0.4, -0.2) is 28.3 Å². The van der Waals surface area contributed by atoms with Crippen LogP contribution in [-0.2, 0) is 4.79 Å².